The van der Waals surface area contributed by atoms with Gasteiger partial charge in [-0.1, -0.05) is 11.8 Å². The molecule has 0 amide bonds. The van der Waals surface area contributed by atoms with E-state index < -0.39 is 0 Å². The van der Waals surface area contributed by atoms with Crippen LogP contribution in [0.1, 0.15) is 36.2 Å². The lowest BCUT2D eigenvalue weighted by Gasteiger charge is -2.06. The van der Waals surface area contributed by atoms with Gasteiger partial charge in [0.05, 0.1) is 12.2 Å². The van der Waals surface area contributed by atoms with Gasteiger partial charge in [0.2, 0.25) is 0 Å². The van der Waals surface area contributed by atoms with E-state index in [0.29, 0.717) is 12.6 Å². The first-order chi connectivity index (χ1) is 8.79. The number of nitrogens with zero attached hydrogens (tertiary/aromatic N) is 4. The zero-order valence-electron chi connectivity index (χ0n) is 10.2. The molecule has 0 saturated heterocycles. The summed E-state index contributed by atoms with van der Waals surface area (Å²) in [6.45, 7) is 2.35. The molecule has 0 aromatic carbocycles. The summed E-state index contributed by atoms with van der Waals surface area (Å²) >= 11 is 1.63. The molecule has 2 heterocycles. The Kier molecular flexibility index (Phi) is 3.09. The summed E-state index contributed by atoms with van der Waals surface area (Å²) in [6, 6.07) is 0.541. The fraction of sp³-hybridized carbons (Fsp3) is 0.545. The van der Waals surface area contributed by atoms with Crippen LogP contribution < -0.4 is 5.73 Å². The van der Waals surface area contributed by atoms with Gasteiger partial charge in [0.25, 0.3) is 0 Å². The summed E-state index contributed by atoms with van der Waals surface area (Å²) in [5.74, 6) is 2.48. The van der Waals surface area contributed by atoms with E-state index in [0.717, 1.165) is 28.2 Å². The molecule has 1 aliphatic rings. The summed E-state index contributed by atoms with van der Waals surface area (Å²) < 4.78 is 7.35. The smallest absolute Gasteiger partial charge is 0.191 e. The Bertz CT molecular complexity index is 545. The predicted octanol–water partition coefficient (Wildman–Crippen LogP) is 1.66. The van der Waals surface area contributed by atoms with Gasteiger partial charge in [-0.05, 0) is 19.8 Å². The summed E-state index contributed by atoms with van der Waals surface area (Å²) in [7, 11) is 0. The highest BCUT2D eigenvalue weighted by molar-refractivity contribution is 7.98. The van der Waals surface area contributed by atoms with E-state index >= 15 is 0 Å². The second-order valence-electron chi connectivity index (χ2n) is 4.35. The van der Waals surface area contributed by atoms with Gasteiger partial charge in [-0.2, -0.15) is 0 Å². The van der Waals surface area contributed by atoms with Crippen LogP contribution in [0, 0.1) is 6.92 Å². The molecule has 2 aromatic rings. The van der Waals surface area contributed by atoms with Crippen molar-refractivity contribution in [3.8, 4) is 0 Å². The molecule has 0 unspecified atom stereocenters. The van der Waals surface area contributed by atoms with Crippen LogP contribution in [0.3, 0.4) is 0 Å². The van der Waals surface area contributed by atoms with Gasteiger partial charge in [-0.3, -0.25) is 0 Å². The van der Waals surface area contributed by atoms with Crippen LogP contribution in [0.2, 0.25) is 0 Å². The minimum absolute atomic E-state index is 0.438. The van der Waals surface area contributed by atoms with Crippen molar-refractivity contribution in [3.63, 3.8) is 0 Å². The molecule has 1 fully saturated rings. The molecule has 1 saturated carbocycles. The molecular weight excluding hydrogens is 250 g/mol. The fourth-order valence-electron chi connectivity index (χ4n) is 1.84. The number of oxazole rings is 1. The Hall–Kier alpha value is -1.34. The second kappa shape index (κ2) is 4.74. The van der Waals surface area contributed by atoms with Gasteiger partial charge in [0, 0.05) is 11.8 Å². The van der Waals surface area contributed by atoms with Crippen molar-refractivity contribution < 1.29 is 4.42 Å². The van der Waals surface area contributed by atoms with Crippen molar-refractivity contribution >= 4 is 11.8 Å². The molecule has 3 rings (SSSR count). The third-order valence-electron chi connectivity index (χ3n) is 3.01. The zero-order chi connectivity index (χ0) is 12.5. The number of aromatic nitrogens is 4. The lowest BCUT2D eigenvalue weighted by molar-refractivity contribution is 0.525. The van der Waals surface area contributed by atoms with Crippen molar-refractivity contribution in [1.82, 2.24) is 19.7 Å². The molecule has 0 aliphatic heterocycles. The van der Waals surface area contributed by atoms with Crippen LogP contribution in [-0.2, 0) is 12.3 Å². The van der Waals surface area contributed by atoms with Crippen LogP contribution in [-0.4, -0.2) is 19.7 Å². The molecule has 6 nitrogen and oxygen atoms in total. The average Bonchev–Trinajstić information content (AvgIpc) is 3.00. The molecule has 0 spiro atoms. The van der Waals surface area contributed by atoms with Gasteiger partial charge < -0.3 is 14.7 Å². The number of hydrogen-bond donors (Lipinski definition) is 1. The van der Waals surface area contributed by atoms with Crippen molar-refractivity contribution in [1.29, 1.82) is 0 Å². The molecule has 18 heavy (non-hydrogen) atoms. The summed E-state index contributed by atoms with van der Waals surface area (Å²) in [6.07, 6.45) is 3.87. The third-order valence-corrected chi connectivity index (χ3v) is 3.97. The Morgan fingerprint density at radius 1 is 1.50 bits per heavy atom. The Morgan fingerprint density at radius 3 is 2.94 bits per heavy atom. The topological polar surface area (TPSA) is 82.8 Å². The quantitative estimate of drug-likeness (QED) is 0.828. The molecule has 0 bridgehead atoms. The molecular formula is C11H15N5OS. The van der Waals surface area contributed by atoms with Crippen LogP contribution in [0.5, 0.6) is 0 Å². The minimum Gasteiger partial charge on any atom is -0.448 e. The van der Waals surface area contributed by atoms with Gasteiger partial charge in [-0.15, -0.1) is 10.2 Å². The molecule has 7 heteroatoms. The number of nitrogens with two attached hydrogens (primary N) is 1. The van der Waals surface area contributed by atoms with E-state index in [1.54, 1.807) is 11.8 Å². The Balaban J connectivity index is 1.76. The SMILES string of the molecule is Cc1ocnc1CSc1nnc(CN)n1C1CC1. The van der Waals surface area contributed by atoms with E-state index in [9.17, 15) is 0 Å². The Labute approximate surface area is 109 Å². The predicted molar refractivity (Wildman–Crippen MR) is 67.0 cm³/mol. The zero-order valence-corrected chi connectivity index (χ0v) is 11.0. The first-order valence-corrected chi connectivity index (χ1v) is 6.93. The standard InChI is InChI=1S/C11H15N5OS/c1-7-9(13-6-17-7)5-18-11-15-14-10(4-12)16(11)8-2-3-8/h6,8H,2-5,12H2,1H3. The van der Waals surface area contributed by atoms with Crippen LogP contribution in [0.4, 0.5) is 0 Å². The Morgan fingerprint density at radius 2 is 2.33 bits per heavy atom. The monoisotopic (exact) mass is 265 g/mol. The highest BCUT2D eigenvalue weighted by Crippen LogP contribution is 2.39. The summed E-state index contributed by atoms with van der Waals surface area (Å²) in [5, 5.41) is 9.29. The highest BCUT2D eigenvalue weighted by Gasteiger charge is 2.29. The number of hydrogen-bond acceptors (Lipinski definition) is 6. The molecule has 2 aromatic heterocycles. The van der Waals surface area contributed by atoms with E-state index in [1.807, 2.05) is 6.92 Å². The molecule has 96 valence electrons. The van der Waals surface area contributed by atoms with Crippen LogP contribution >= 0.6 is 11.8 Å². The first kappa shape index (κ1) is 11.7. The van der Waals surface area contributed by atoms with E-state index in [1.165, 1.54) is 19.2 Å². The highest BCUT2D eigenvalue weighted by atomic mass is 32.2. The van der Waals surface area contributed by atoms with Gasteiger partial charge >= 0.3 is 0 Å². The lowest BCUT2D eigenvalue weighted by atomic mass is 10.4. The van der Waals surface area contributed by atoms with Gasteiger partial charge in [0.1, 0.15) is 11.6 Å². The van der Waals surface area contributed by atoms with Crippen LogP contribution in [0.25, 0.3) is 0 Å². The molecule has 0 radical (unpaired) electrons. The maximum atomic E-state index is 5.68. The van der Waals surface area contributed by atoms with Gasteiger partial charge in [-0.25, -0.2) is 4.98 Å². The van der Waals surface area contributed by atoms with E-state index in [4.69, 9.17) is 10.2 Å². The molecule has 0 atom stereocenters. The van der Waals surface area contributed by atoms with Gasteiger partial charge in [0.15, 0.2) is 11.6 Å². The maximum absolute atomic E-state index is 5.68. The number of rotatable bonds is 5. The molecule has 2 N–H and O–H groups in total. The van der Waals surface area contributed by atoms with E-state index in [-0.39, 0.29) is 0 Å². The maximum Gasteiger partial charge on any atom is 0.191 e. The number of thioether (sulfide) groups is 1. The van der Waals surface area contributed by atoms with Crippen molar-refractivity contribution in [3.05, 3.63) is 23.7 Å². The van der Waals surface area contributed by atoms with Crippen molar-refractivity contribution in [2.75, 3.05) is 0 Å². The lowest BCUT2D eigenvalue weighted by Crippen LogP contribution is -2.08. The van der Waals surface area contributed by atoms with Crippen molar-refractivity contribution in [2.45, 2.75) is 43.3 Å². The van der Waals surface area contributed by atoms with Crippen molar-refractivity contribution in [2.24, 2.45) is 5.73 Å². The number of aryl methyl sites for hydroxylation is 1. The summed E-state index contributed by atoms with van der Waals surface area (Å²) in [4.78, 5) is 4.18. The second-order valence-corrected chi connectivity index (χ2v) is 5.29. The fourth-order valence-corrected chi connectivity index (χ4v) is 2.88. The third kappa shape index (κ3) is 2.15. The molecule has 1 aliphatic carbocycles. The minimum atomic E-state index is 0.438. The van der Waals surface area contributed by atoms with E-state index in [2.05, 4.69) is 19.7 Å². The largest absolute Gasteiger partial charge is 0.448 e. The summed E-state index contributed by atoms with van der Waals surface area (Å²) in [5.41, 5.74) is 6.64. The van der Waals surface area contributed by atoms with Crippen LogP contribution in [0.15, 0.2) is 16.0 Å². The normalized spacial score (nSPS) is 15.2. The first-order valence-electron chi connectivity index (χ1n) is 5.95. The average molecular weight is 265 g/mol.